The van der Waals surface area contributed by atoms with Crippen LogP contribution in [0.5, 0.6) is 11.5 Å². The molecule has 0 saturated heterocycles. The number of hydrogen-bond acceptors (Lipinski definition) is 7. The molecule has 4 aromatic carbocycles. The van der Waals surface area contributed by atoms with Gasteiger partial charge in [-0.1, -0.05) is 96.5 Å². The first-order valence-corrected chi connectivity index (χ1v) is 14.6. The summed E-state index contributed by atoms with van der Waals surface area (Å²) >= 11 is 3.70. The molecular formula is C30H31FeN4O3S2+. The van der Waals surface area contributed by atoms with Gasteiger partial charge in [0.2, 0.25) is 0 Å². The van der Waals surface area contributed by atoms with E-state index in [0.29, 0.717) is 24.2 Å². The molecule has 40 heavy (non-hydrogen) atoms. The molecule has 0 fully saturated rings. The number of hydrogen-bond donors (Lipinski definition) is 1. The summed E-state index contributed by atoms with van der Waals surface area (Å²) in [6, 6.07) is 22.6. The van der Waals surface area contributed by atoms with Crippen LogP contribution in [0.4, 0.5) is 0 Å². The Morgan fingerprint density at radius 2 is 1.25 bits per heavy atom. The summed E-state index contributed by atoms with van der Waals surface area (Å²) in [7, 11) is -0.611. The molecule has 0 radical (unpaired) electrons. The number of nitrogens with one attached hydrogen (secondary N) is 1. The minimum atomic E-state index is -0.611. The van der Waals surface area contributed by atoms with E-state index in [4.69, 9.17) is 5.41 Å². The number of aliphatic imine (C=N–C) groups is 2. The SMILES string of the molecule is CS(C)=O.[Fe+4].[N-]=C=S.[O-]c1ccc2ccccc2c1C=NCCCNCCN=Cc1c([O-])ccc2ccccc12. The summed E-state index contributed by atoms with van der Waals surface area (Å²) in [6.45, 7) is 2.79. The van der Waals surface area contributed by atoms with Gasteiger partial charge in [-0.2, -0.15) is 5.16 Å². The molecule has 7 nitrogen and oxygen atoms in total. The Labute approximate surface area is 253 Å². The second-order valence-electron chi connectivity index (χ2n) is 8.40. The van der Waals surface area contributed by atoms with Crippen molar-refractivity contribution in [3.8, 4) is 11.5 Å². The van der Waals surface area contributed by atoms with Crippen molar-refractivity contribution >= 4 is 62.2 Å². The number of thiocarbonyl (C=S) groups is 1. The van der Waals surface area contributed by atoms with E-state index >= 15 is 0 Å². The van der Waals surface area contributed by atoms with E-state index < -0.39 is 10.8 Å². The fourth-order valence-electron chi connectivity index (χ4n) is 3.69. The van der Waals surface area contributed by atoms with Crippen molar-refractivity contribution in [2.75, 3.05) is 38.7 Å². The molecule has 0 unspecified atom stereocenters. The molecule has 0 spiro atoms. The summed E-state index contributed by atoms with van der Waals surface area (Å²) in [5, 5.41) is 40.1. The maximum atomic E-state index is 12.2. The summed E-state index contributed by atoms with van der Waals surface area (Å²) in [5.41, 5.74) is 1.29. The van der Waals surface area contributed by atoms with Gasteiger partial charge in [0.25, 0.3) is 0 Å². The smallest absolute Gasteiger partial charge is 0.872 e. The zero-order valence-electron chi connectivity index (χ0n) is 22.4. The Balaban J connectivity index is 0.000000902. The number of fused-ring (bicyclic) bond motifs is 2. The zero-order chi connectivity index (χ0) is 28.5. The molecule has 0 aliphatic heterocycles. The van der Waals surface area contributed by atoms with Crippen LogP contribution in [0.2, 0.25) is 0 Å². The molecule has 0 atom stereocenters. The predicted molar refractivity (Wildman–Crippen MR) is 165 cm³/mol. The van der Waals surface area contributed by atoms with Gasteiger partial charge in [0.15, 0.2) is 0 Å². The molecule has 208 valence electrons. The third kappa shape index (κ3) is 11.9. The largest absolute Gasteiger partial charge is 4.00 e. The van der Waals surface area contributed by atoms with Gasteiger partial charge in [-0.3, -0.25) is 14.2 Å². The number of isothiocyanates is 1. The van der Waals surface area contributed by atoms with Gasteiger partial charge in [-0.15, -0.1) is 0 Å². The van der Waals surface area contributed by atoms with Crippen LogP contribution in [0.25, 0.3) is 27.0 Å². The van der Waals surface area contributed by atoms with E-state index in [-0.39, 0.29) is 28.6 Å². The molecule has 0 saturated carbocycles. The van der Waals surface area contributed by atoms with E-state index in [1.807, 2.05) is 60.7 Å². The first-order valence-electron chi connectivity index (χ1n) is 12.2. The van der Waals surface area contributed by atoms with Crippen molar-refractivity contribution in [1.29, 1.82) is 0 Å². The molecule has 0 aromatic heterocycles. The van der Waals surface area contributed by atoms with Crippen LogP contribution in [0, 0.1) is 0 Å². The normalized spacial score (nSPS) is 10.6. The first kappa shape index (κ1) is 34.8. The van der Waals surface area contributed by atoms with Crippen molar-refractivity contribution in [1.82, 2.24) is 5.32 Å². The van der Waals surface area contributed by atoms with Gasteiger partial charge in [-0.05, 0) is 45.6 Å². The van der Waals surface area contributed by atoms with E-state index in [1.165, 1.54) is 5.16 Å². The topological polar surface area (TPSA) is 122 Å². The Bertz CT molecular complexity index is 1370. The van der Waals surface area contributed by atoms with Crippen LogP contribution in [0.3, 0.4) is 0 Å². The molecule has 0 aliphatic carbocycles. The maximum Gasteiger partial charge on any atom is 4.00 e. The zero-order valence-corrected chi connectivity index (χ0v) is 25.1. The second-order valence-corrected chi connectivity index (χ2v) is 10.1. The fraction of sp³-hybridized carbons (Fsp3) is 0.233. The molecule has 0 aliphatic rings. The van der Waals surface area contributed by atoms with E-state index in [1.54, 1.807) is 37.1 Å². The van der Waals surface area contributed by atoms with Crippen LogP contribution in [-0.4, -0.2) is 60.5 Å². The molecule has 0 amide bonds. The maximum absolute atomic E-state index is 12.2. The average molecular weight is 616 g/mol. The van der Waals surface area contributed by atoms with Crippen molar-refractivity contribution in [2.24, 2.45) is 9.98 Å². The van der Waals surface area contributed by atoms with E-state index in [2.05, 4.69) is 27.5 Å². The van der Waals surface area contributed by atoms with Crippen LogP contribution >= 0.6 is 12.2 Å². The molecule has 0 bridgehead atoms. The first-order chi connectivity index (χ1) is 18.9. The fourth-order valence-corrected chi connectivity index (χ4v) is 3.69. The van der Waals surface area contributed by atoms with Crippen LogP contribution in [0.15, 0.2) is 82.8 Å². The van der Waals surface area contributed by atoms with Gasteiger partial charge < -0.3 is 20.9 Å². The Hall–Kier alpha value is -3.23. The summed E-state index contributed by atoms with van der Waals surface area (Å²) in [6.07, 6.45) is 7.52. The predicted octanol–water partition coefficient (Wildman–Crippen LogP) is 4.31. The standard InChI is InChI=1S/C27H27N3O2.C2H6OS.CNS.Fe/c31-26-12-10-20-6-1-3-8-22(20)24(26)18-29-15-5-14-28-16-17-30-19-25-23-9-4-2-7-21(23)11-13-27(25)32;1-4(2)3;2-1-3;/h1-4,6-13,18-19,28,31-32H,5,14-17H2;1-2H3;;/q;;-1;+4/p-2. The molecule has 0 heterocycles. The quantitative estimate of drug-likeness (QED) is 0.130. The van der Waals surface area contributed by atoms with E-state index in [0.717, 1.165) is 41.1 Å². The molecule has 4 rings (SSSR count). The van der Waals surface area contributed by atoms with Crippen molar-refractivity contribution in [3.63, 3.8) is 0 Å². The third-order valence-corrected chi connectivity index (χ3v) is 5.36. The van der Waals surface area contributed by atoms with Crippen LogP contribution in [-0.2, 0) is 27.9 Å². The average Bonchev–Trinajstić information content (AvgIpc) is 2.92. The van der Waals surface area contributed by atoms with Gasteiger partial charge >= 0.3 is 17.1 Å². The van der Waals surface area contributed by atoms with Gasteiger partial charge in [0, 0.05) is 48.8 Å². The van der Waals surface area contributed by atoms with Crippen molar-refractivity contribution < 1.29 is 31.5 Å². The summed E-state index contributed by atoms with van der Waals surface area (Å²) in [4.78, 5) is 8.85. The van der Waals surface area contributed by atoms with Gasteiger partial charge in [-0.25, -0.2) is 0 Å². The Morgan fingerprint density at radius 3 is 1.73 bits per heavy atom. The van der Waals surface area contributed by atoms with Gasteiger partial charge in [0.05, 0.1) is 6.54 Å². The molecule has 4 aromatic rings. The van der Waals surface area contributed by atoms with Gasteiger partial charge in [0.1, 0.15) is 0 Å². The molecular weight excluding hydrogens is 584 g/mol. The number of rotatable bonds is 9. The van der Waals surface area contributed by atoms with E-state index in [9.17, 15) is 14.4 Å². The van der Waals surface area contributed by atoms with Crippen LogP contribution in [0.1, 0.15) is 17.5 Å². The minimum Gasteiger partial charge on any atom is -0.872 e. The van der Waals surface area contributed by atoms with Crippen molar-refractivity contribution in [2.45, 2.75) is 6.42 Å². The Kier molecular flexibility index (Phi) is 17.2. The summed E-state index contributed by atoms with van der Waals surface area (Å²) < 4.78 is 9.56. The summed E-state index contributed by atoms with van der Waals surface area (Å²) in [5.74, 6) is -0.0124. The number of benzene rings is 4. The van der Waals surface area contributed by atoms with Crippen molar-refractivity contribution in [3.05, 3.63) is 89.3 Å². The second kappa shape index (κ2) is 19.8. The Morgan fingerprint density at radius 1 is 0.825 bits per heavy atom. The minimum absolute atomic E-state index is 0. The third-order valence-electron chi connectivity index (χ3n) is 5.36. The van der Waals surface area contributed by atoms with Crippen LogP contribution < -0.4 is 15.5 Å². The molecule has 1 N–H and O–H groups in total. The number of nitrogens with zero attached hydrogens (tertiary/aromatic N) is 3. The monoisotopic (exact) mass is 615 g/mol. The molecule has 10 heteroatoms.